The smallest absolute Gasteiger partial charge is 0.150 e. The molecule has 0 amide bonds. The summed E-state index contributed by atoms with van der Waals surface area (Å²) in [5.74, 6) is 2.65. The molecule has 1 aliphatic rings. The molecule has 1 aliphatic heterocycles. The molecule has 0 spiro atoms. The minimum Gasteiger partial charge on any atom is -0.508 e. The molecule has 1 fully saturated rings. The number of ether oxygens (including phenoxy) is 8. The Morgan fingerprint density at radius 2 is 0.800 bits per heavy atom. The molecule has 0 aliphatic carbocycles. The maximum absolute atomic E-state index is 10.4. The Kier molecular flexibility index (Phi) is 34.4. The average Bonchev–Trinajstić information content (AvgIpc) is 3.90. The molecular formula is C48H65BrO11. The third-order valence-corrected chi connectivity index (χ3v) is 7.95. The van der Waals surface area contributed by atoms with Crippen molar-refractivity contribution in [2.24, 2.45) is 0 Å². The van der Waals surface area contributed by atoms with E-state index in [0.717, 1.165) is 72.7 Å². The van der Waals surface area contributed by atoms with Gasteiger partial charge in [0, 0.05) is 56.1 Å². The van der Waals surface area contributed by atoms with Gasteiger partial charge in [0.15, 0.2) is 0 Å². The molecule has 4 aromatic rings. The highest BCUT2D eigenvalue weighted by molar-refractivity contribution is 9.09. The summed E-state index contributed by atoms with van der Waals surface area (Å²) in [6.07, 6.45) is 8.26. The van der Waals surface area contributed by atoms with Gasteiger partial charge in [0.25, 0.3) is 0 Å². The van der Waals surface area contributed by atoms with Gasteiger partial charge >= 0.3 is 0 Å². The van der Waals surface area contributed by atoms with Crippen molar-refractivity contribution in [1.82, 2.24) is 0 Å². The molecule has 0 aromatic heterocycles. The monoisotopic (exact) mass is 896 g/mol. The van der Waals surface area contributed by atoms with E-state index in [9.17, 15) is 9.59 Å². The number of benzene rings is 4. The standard InChI is InChI=1S/C22H28O4.C11H14O3.C7H6O2.C4H9BrO.C4H8O/c1-3-23-15-17-25-21-11-7-19(8-12-21)5-6-20-9-13-22(14-10-20)26-18-16-24-4-2;1-2-13-7-8-14-11-5-3-10(9-12)4-6-11;8-5-6-1-3-7(9)4-2-6;1-2-6-4-3-5;1-2-4-5-3-1/h5-14H,3-4,15-18H2,1-2H3;3-6,9H,2,7-8H2,1H3;1-5,9H;2-4H2,1H3;1-4H2/b6-5+;;;;. The highest BCUT2D eigenvalue weighted by Crippen LogP contribution is 2.17. The number of rotatable bonds is 22. The van der Waals surface area contributed by atoms with Gasteiger partial charge in [0.2, 0.25) is 0 Å². The zero-order valence-corrected chi connectivity index (χ0v) is 37.4. The number of phenols is 1. The fraction of sp³-hybridized carbons (Fsp3) is 0.417. The lowest BCUT2D eigenvalue weighted by Crippen LogP contribution is -2.06. The van der Waals surface area contributed by atoms with E-state index < -0.39 is 0 Å². The van der Waals surface area contributed by atoms with Gasteiger partial charge in [0.1, 0.15) is 55.4 Å². The highest BCUT2D eigenvalue weighted by atomic mass is 79.9. The average molecular weight is 898 g/mol. The minimum atomic E-state index is 0.181. The zero-order valence-electron chi connectivity index (χ0n) is 35.8. The Morgan fingerprint density at radius 1 is 0.483 bits per heavy atom. The van der Waals surface area contributed by atoms with Gasteiger partial charge in [-0.05, 0) is 124 Å². The van der Waals surface area contributed by atoms with Crippen LogP contribution in [-0.4, -0.2) is 109 Å². The maximum atomic E-state index is 10.4. The largest absolute Gasteiger partial charge is 0.508 e. The lowest BCUT2D eigenvalue weighted by Gasteiger charge is -2.06. The van der Waals surface area contributed by atoms with Crippen LogP contribution in [0.25, 0.3) is 12.2 Å². The summed E-state index contributed by atoms with van der Waals surface area (Å²) in [5.41, 5.74) is 3.48. The highest BCUT2D eigenvalue weighted by Gasteiger charge is 1.98. The van der Waals surface area contributed by atoms with E-state index in [-0.39, 0.29) is 5.75 Å². The Labute approximate surface area is 366 Å². The van der Waals surface area contributed by atoms with Crippen molar-refractivity contribution in [3.05, 3.63) is 119 Å². The topological polar surface area (TPSA) is 128 Å². The number of aromatic hydroxyl groups is 1. The van der Waals surface area contributed by atoms with Crippen LogP contribution in [0.1, 0.15) is 72.4 Å². The van der Waals surface area contributed by atoms with E-state index in [1.807, 2.05) is 76.2 Å². The van der Waals surface area contributed by atoms with Crippen molar-refractivity contribution in [2.75, 3.05) is 91.2 Å². The van der Waals surface area contributed by atoms with Gasteiger partial charge in [-0.15, -0.1) is 0 Å². The summed E-state index contributed by atoms with van der Waals surface area (Å²) in [6, 6.07) is 29.1. The van der Waals surface area contributed by atoms with E-state index >= 15 is 0 Å². The van der Waals surface area contributed by atoms with Gasteiger partial charge in [0.05, 0.1) is 26.4 Å². The summed E-state index contributed by atoms with van der Waals surface area (Å²) in [6.45, 7) is 17.2. The lowest BCUT2D eigenvalue weighted by atomic mass is 10.1. The molecule has 0 atom stereocenters. The SMILES string of the molecule is C1CCOC1.CCOCCBr.CCOCCOc1ccc(/C=C/c2ccc(OCCOCC)cc2)cc1.CCOCCOc1ccc(C=O)cc1.O=Cc1ccc(O)cc1. The van der Waals surface area contributed by atoms with Crippen molar-refractivity contribution in [1.29, 1.82) is 0 Å². The molecule has 4 aromatic carbocycles. The summed E-state index contributed by atoms with van der Waals surface area (Å²) in [4.78, 5) is 20.4. The van der Waals surface area contributed by atoms with Crippen molar-refractivity contribution in [3.63, 3.8) is 0 Å². The molecule has 12 heteroatoms. The quantitative estimate of drug-likeness (QED) is 0.0350. The Hall–Kier alpha value is -4.56. The molecule has 60 heavy (non-hydrogen) atoms. The van der Waals surface area contributed by atoms with E-state index in [4.69, 9.17) is 43.0 Å². The molecule has 0 unspecified atom stereocenters. The molecule has 5 rings (SSSR count). The normalized spacial score (nSPS) is 11.3. The first-order valence-electron chi connectivity index (χ1n) is 20.4. The number of carbonyl (C=O) groups excluding carboxylic acids is 2. The second-order valence-electron chi connectivity index (χ2n) is 12.2. The first-order chi connectivity index (χ1) is 29.4. The molecule has 0 radical (unpaired) electrons. The van der Waals surface area contributed by atoms with Crippen molar-refractivity contribution in [3.8, 4) is 23.0 Å². The third-order valence-electron chi connectivity index (χ3n) is 7.63. The third kappa shape index (κ3) is 29.6. The number of alkyl halides is 1. The van der Waals surface area contributed by atoms with Gasteiger partial charge in [-0.3, -0.25) is 9.59 Å². The van der Waals surface area contributed by atoms with Crippen LogP contribution >= 0.6 is 15.9 Å². The van der Waals surface area contributed by atoms with Gasteiger partial charge in [-0.1, -0.05) is 52.3 Å². The predicted molar refractivity (Wildman–Crippen MR) is 243 cm³/mol. The fourth-order valence-electron chi connectivity index (χ4n) is 4.54. The fourth-order valence-corrected chi connectivity index (χ4v) is 4.76. The second-order valence-corrected chi connectivity index (χ2v) is 13.0. The van der Waals surface area contributed by atoms with E-state index in [1.54, 1.807) is 36.4 Å². The van der Waals surface area contributed by atoms with Crippen LogP contribution in [0.3, 0.4) is 0 Å². The number of phenolic OH excluding ortho intramolecular Hbond substituents is 1. The van der Waals surface area contributed by atoms with Crippen LogP contribution < -0.4 is 14.2 Å². The van der Waals surface area contributed by atoms with Crippen LogP contribution in [0, 0.1) is 0 Å². The summed E-state index contributed by atoms with van der Waals surface area (Å²) >= 11 is 3.23. The minimum absolute atomic E-state index is 0.181. The van der Waals surface area contributed by atoms with Gasteiger partial charge < -0.3 is 43.0 Å². The molecule has 1 saturated heterocycles. The molecule has 0 bridgehead atoms. The summed E-state index contributed by atoms with van der Waals surface area (Å²) in [7, 11) is 0. The van der Waals surface area contributed by atoms with E-state index in [2.05, 4.69) is 28.1 Å². The molecule has 0 saturated carbocycles. The Balaban J connectivity index is 0.000000438. The number of halogens is 1. The Bertz CT molecular complexity index is 1520. The zero-order chi connectivity index (χ0) is 43.7. The number of aldehydes is 2. The molecule has 11 nitrogen and oxygen atoms in total. The van der Waals surface area contributed by atoms with Crippen LogP contribution in [0.4, 0.5) is 0 Å². The molecule has 330 valence electrons. The van der Waals surface area contributed by atoms with E-state index in [0.29, 0.717) is 70.6 Å². The maximum Gasteiger partial charge on any atom is 0.150 e. The molecular weight excluding hydrogens is 832 g/mol. The molecule has 1 N–H and O–H groups in total. The number of hydrogen-bond acceptors (Lipinski definition) is 11. The summed E-state index contributed by atoms with van der Waals surface area (Å²) in [5, 5.41) is 9.68. The van der Waals surface area contributed by atoms with Gasteiger partial charge in [-0.25, -0.2) is 0 Å². The van der Waals surface area contributed by atoms with E-state index in [1.165, 1.54) is 25.0 Å². The summed E-state index contributed by atoms with van der Waals surface area (Å²) < 4.78 is 42.1. The lowest BCUT2D eigenvalue weighted by molar-refractivity contribution is 0.110. The van der Waals surface area contributed by atoms with Crippen LogP contribution in [-0.2, 0) is 23.7 Å². The van der Waals surface area contributed by atoms with Crippen molar-refractivity contribution >= 4 is 40.7 Å². The second kappa shape index (κ2) is 38.6. The first-order valence-corrected chi connectivity index (χ1v) is 21.6. The molecule has 1 heterocycles. The number of carbonyl (C=O) groups is 2. The first kappa shape index (κ1) is 53.5. The van der Waals surface area contributed by atoms with Gasteiger partial charge in [-0.2, -0.15) is 0 Å². The van der Waals surface area contributed by atoms with Crippen LogP contribution in [0.15, 0.2) is 97.1 Å². The Morgan fingerprint density at radius 3 is 1.07 bits per heavy atom. The predicted octanol–water partition coefficient (Wildman–Crippen LogP) is 10.0. The number of hydrogen-bond donors (Lipinski definition) is 1. The van der Waals surface area contributed by atoms with Crippen molar-refractivity contribution < 1.29 is 52.6 Å². The van der Waals surface area contributed by atoms with Crippen LogP contribution in [0.2, 0.25) is 0 Å². The van der Waals surface area contributed by atoms with Crippen molar-refractivity contribution in [2.45, 2.75) is 40.5 Å². The van der Waals surface area contributed by atoms with Crippen LogP contribution in [0.5, 0.6) is 23.0 Å².